The van der Waals surface area contributed by atoms with E-state index in [1.807, 2.05) is 38.1 Å². The Morgan fingerprint density at radius 1 is 0.852 bits per heavy atom. The predicted octanol–water partition coefficient (Wildman–Crippen LogP) is 2.38. The summed E-state index contributed by atoms with van der Waals surface area (Å²) in [6, 6.07) is 13.6. The van der Waals surface area contributed by atoms with Gasteiger partial charge in [0.1, 0.15) is 0 Å². The Morgan fingerprint density at radius 2 is 1.37 bits per heavy atom. The number of hydrogen-bond acceptors (Lipinski definition) is 3. The molecule has 0 aliphatic heterocycles. The number of nitrogens with one attached hydrogen (secondary N) is 3. The number of carbonyl (C=O) groups excluding carboxylic acids is 3. The molecule has 0 fully saturated rings. The molecule has 0 heterocycles. The minimum absolute atomic E-state index is 0.0365. The zero-order valence-corrected chi connectivity index (χ0v) is 15.4. The average molecular weight is 368 g/mol. The first kappa shape index (κ1) is 20.0. The van der Waals surface area contributed by atoms with E-state index >= 15 is 0 Å². The van der Waals surface area contributed by atoms with Crippen molar-refractivity contribution in [2.75, 3.05) is 5.32 Å². The predicted molar refractivity (Wildman–Crippen MR) is 104 cm³/mol. The normalized spacial score (nSPS) is 10.3. The average Bonchev–Trinajstić information content (AvgIpc) is 2.65. The smallest absolute Gasteiger partial charge is 0.312 e. The number of carbonyl (C=O) groups is 3. The van der Waals surface area contributed by atoms with E-state index in [0.717, 1.165) is 16.8 Å². The van der Waals surface area contributed by atoms with Crippen LogP contribution in [0.2, 0.25) is 0 Å². The molecular weight excluding hydrogens is 344 g/mol. The van der Waals surface area contributed by atoms with Crippen molar-refractivity contribution < 1.29 is 14.4 Å². The zero-order valence-electron chi connectivity index (χ0n) is 15.4. The number of rotatable bonds is 7. The molecule has 7 heteroatoms. The maximum Gasteiger partial charge on any atom is 0.312 e. The van der Waals surface area contributed by atoms with Gasteiger partial charge in [0.2, 0.25) is 5.91 Å². The summed E-state index contributed by atoms with van der Waals surface area (Å²) in [6.45, 7) is 4.36. The summed E-state index contributed by atoms with van der Waals surface area (Å²) in [5.41, 5.74) is 8.05. The largest absolute Gasteiger partial charge is 0.352 e. The van der Waals surface area contributed by atoms with Crippen LogP contribution >= 0.6 is 0 Å². The maximum atomic E-state index is 12.2. The highest BCUT2D eigenvalue weighted by Gasteiger charge is 2.08. The van der Waals surface area contributed by atoms with Crippen molar-refractivity contribution >= 4 is 23.5 Å². The lowest BCUT2D eigenvalue weighted by Crippen LogP contribution is -2.28. The number of anilines is 1. The number of amides is 4. The Morgan fingerprint density at radius 3 is 1.89 bits per heavy atom. The van der Waals surface area contributed by atoms with Gasteiger partial charge in [0.05, 0.1) is 0 Å². The van der Waals surface area contributed by atoms with Crippen molar-refractivity contribution in [3.8, 4) is 0 Å². The molecule has 0 saturated carbocycles. The van der Waals surface area contributed by atoms with Gasteiger partial charge in [-0.25, -0.2) is 4.79 Å². The van der Waals surface area contributed by atoms with Crippen molar-refractivity contribution in [3.05, 3.63) is 65.2 Å². The monoisotopic (exact) mass is 368 g/mol. The Balaban J connectivity index is 1.86. The van der Waals surface area contributed by atoms with E-state index in [1.54, 1.807) is 24.3 Å². The van der Waals surface area contributed by atoms with E-state index in [9.17, 15) is 14.4 Å². The molecule has 7 nitrogen and oxygen atoms in total. The summed E-state index contributed by atoms with van der Waals surface area (Å²) in [5, 5.41) is 8.16. The van der Waals surface area contributed by atoms with Crippen LogP contribution in [0.3, 0.4) is 0 Å². The molecule has 0 unspecified atom stereocenters. The maximum absolute atomic E-state index is 12.2. The van der Waals surface area contributed by atoms with Crippen molar-refractivity contribution in [1.29, 1.82) is 0 Å². The highest BCUT2D eigenvalue weighted by Crippen LogP contribution is 2.11. The van der Waals surface area contributed by atoms with Gasteiger partial charge in [0.25, 0.3) is 5.91 Å². The van der Waals surface area contributed by atoms with E-state index in [4.69, 9.17) is 5.73 Å². The van der Waals surface area contributed by atoms with Crippen LogP contribution in [0.1, 0.15) is 35.3 Å². The van der Waals surface area contributed by atoms with Gasteiger partial charge < -0.3 is 21.7 Å². The van der Waals surface area contributed by atoms with Gasteiger partial charge in [-0.15, -0.1) is 0 Å². The van der Waals surface area contributed by atoms with Gasteiger partial charge in [-0.3, -0.25) is 9.59 Å². The lowest BCUT2D eigenvalue weighted by atomic mass is 10.1. The molecule has 0 radical (unpaired) electrons. The van der Waals surface area contributed by atoms with E-state index in [2.05, 4.69) is 16.0 Å². The second-order valence-electron chi connectivity index (χ2n) is 6.44. The third-order valence-electron chi connectivity index (χ3n) is 3.88. The van der Waals surface area contributed by atoms with Crippen LogP contribution in [0.25, 0.3) is 0 Å². The molecule has 0 bridgehead atoms. The number of urea groups is 1. The third-order valence-corrected chi connectivity index (χ3v) is 3.88. The molecular formula is C20H24N4O3. The second-order valence-corrected chi connectivity index (χ2v) is 6.44. The molecule has 2 rings (SSSR count). The fourth-order valence-corrected chi connectivity index (χ4v) is 2.24. The highest BCUT2D eigenvalue weighted by atomic mass is 16.2. The van der Waals surface area contributed by atoms with Gasteiger partial charge >= 0.3 is 6.03 Å². The second kappa shape index (κ2) is 9.38. The molecule has 142 valence electrons. The van der Waals surface area contributed by atoms with Crippen LogP contribution in [0.4, 0.5) is 10.5 Å². The van der Waals surface area contributed by atoms with E-state index in [1.165, 1.54) is 0 Å². The molecule has 0 aromatic heterocycles. The van der Waals surface area contributed by atoms with E-state index < -0.39 is 6.03 Å². The van der Waals surface area contributed by atoms with Crippen molar-refractivity contribution in [3.63, 3.8) is 0 Å². The summed E-state index contributed by atoms with van der Waals surface area (Å²) < 4.78 is 0. The molecule has 2 aromatic carbocycles. The first-order chi connectivity index (χ1) is 12.8. The van der Waals surface area contributed by atoms with Crippen LogP contribution in [0, 0.1) is 5.92 Å². The standard InChI is InChI=1S/C20H24N4O3/c1-13(2)18(25)24-17-9-5-15(6-10-17)11-22-19(26)16-7-3-14(4-8-16)12-23-20(21)27/h3-10,13H,11-12H2,1-2H3,(H,22,26)(H,24,25)(H3,21,23,27). The molecule has 4 amide bonds. The number of hydrogen-bond donors (Lipinski definition) is 4. The summed E-state index contributed by atoms with van der Waals surface area (Å²) in [5.74, 6) is -0.311. The fraction of sp³-hybridized carbons (Fsp3) is 0.250. The third kappa shape index (κ3) is 6.47. The van der Waals surface area contributed by atoms with Gasteiger partial charge in [-0.2, -0.15) is 0 Å². The topological polar surface area (TPSA) is 113 Å². The fourth-order valence-electron chi connectivity index (χ4n) is 2.24. The van der Waals surface area contributed by atoms with Gasteiger partial charge in [-0.1, -0.05) is 38.1 Å². The molecule has 2 aromatic rings. The first-order valence-corrected chi connectivity index (χ1v) is 8.65. The van der Waals surface area contributed by atoms with E-state index in [0.29, 0.717) is 18.7 Å². The minimum Gasteiger partial charge on any atom is -0.352 e. The Hall–Kier alpha value is -3.35. The molecule has 0 saturated heterocycles. The van der Waals surface area contributed by atoms with Crippen LogP contribution in [-0.2, 0) is 17.9 Å². The lowest BCUT2D eigenvalue weighted by molar-refractivity contribution is -0.118. The lowest BCUT2D eigenvalue weighted by Gasteiger charge is -2.09. The SMILES string of the molecule is CC(C)C(=O)Nc1ccc(CNC(=O)c2ccc(CNC(N)=O)cc2)cc1. The number of primary amides is 1. The Bertz CT molecular complexity index is 799. The van der Waals surface area contributed by atoms with Crippen LogP contribution in [0.15, 0.2) is 48.5 Å². The number of nitrogens with two attached hydrogens (primary N) is 1. The minimum atomic E-state index is -0.591. The zero-order chi connectivity index (χ0) is 19.8. The van der Waals surface area contributed by atoms with Gasteiger partial charge in [0, 0.05) is 30.3 Å². The van der Waals surface area contributed by atoms with Crippen LogP contribution < -0.4 is 21.7 Å². The highest BCUT2D eigenvalue weighted by molar-refractivity contribution is 5.94. The van der Waals surface area contributed by atoms with Crippen LogP contribution in [-0.4, -0.2) is 17.8 Å². The summed E-state index contributed by atoms with van der Waals surface area (Å²) in [4.78, 5) is 34.6. The molecule has 0 aliphatic carbocycles. The summed E-state index contributed by atoms with van der Waals surface area (Å²) in [7, 11) is 0. The van der Waals surface area contributed by atoms with Crippen molar-refractivity contribution in [1.82, 2.24) is 10.6 Å². The first-order valence-electron chi connectivity index (χ1n) is 8.65. The molecule has 5 N–H and O–H groups in total. The van der Waals surface area contributed by atoms with E-state index in [-0.39, 0.29) is 17.7 Å². The Kier molecular flexibility index (Phi) is 6.93. The van der Waals surface area contributed by atoms with Gasteiger partial charge in [0.15, 0.2) is 0 Å². The van der Waals surface area contributed by atoms with Crippen molar-refractivity contribution in [2.45, 2.75) is 26.9 Å². The van der Waals surface area contributed by atoms with Crippen molar-refractivity contribution in [2.24, 2.45) is 11.7 Å². The molecule has 0 atom stereocenters. The molecule has 0 spiro atoms. The quantitative estimate of drug-likeness (QED) is 0.602. The Labute approximate surface area is 158 Å². The molecule has 0 aliphatic rings. The van der Waals surface area contributed by atoms with Gasteiger partial charge in [-0.05, 0) is 35.4 Å². The summed E-state index contributed by atoms with van der Waals surface area (Å²) >= 11 is 0. The number of benzene rings is 2. The van der Waals surface area contributed by atoms with Crippen LogP contribution in [0.5, 0.6) is 0 Å². The molecule has 27 heavy (non-hydrogen) atoms. The summed E-state index contributed by atoms with van der Waals surface area (Å²) in [6.07, 6.45) is 0.